The van der Waals surface area contributed by atoms with Crippen LogP contribution < -0.4 is 10.6 Å². The minimum atomic E-state index is -0.350. The monoisotopic (exact) mass is 398 g/mol. The van der Waals surface area contributed by atoms with E-state index in [1.165, 1.54) is 12.6 Å². The van der Waals surface area contributed by atoms with Crippen molar-refractivity contribution in [2.75, 3.05) is 10.6 Å². The zero-order valence-electron chi connectivity index (χ0n) is 15.9. The zero-order chi connectivity index (χ0) is 20.3. The standard InChI is InChI=1S/C22H18N6O2/c29-22(27-19-12-30-28-20(19)15-4-2-1-3-5-15)21-18(25-16-10-23-13-24-11-16)9-8-17(26-21)14-6-7-14/h1-5,8-14,25H,6-7H2,(H,27,29). The molecule has 8 heteroatoms. The molecule has 1 aromatic carbocycles. The average Bonchev–Trinajstić information content (AvgIpc) is 3.54. The molecule has 4 aromatic rings. The summed E-state index contributed by atoms with van der Waals surface area (Å²) in [4.78, 5) is 25.8. The van der Waals surface area contributed by atoms with Crippen LogP contribution in [-0.4, -0.2) is 26.0 Å². The van der Waals surface area contributed by atoms with Gasteiger partial charge in [-0.05, 0) is 25.0 Å². The predicted molar refractivity (Wildman–Crippen MR) is 111 cm³/mol. The van der Waals surface area contributed by atoms with E-state index < -0.39 is 0 Å². The van der Waals surface area contributed by atoms with Crippen LogP contribution in [0, 0.1) is 0 Å². The molecule has 0 radical (unpaired) electrons. The quantitative estimate of drug-likeness (QED) is 0.496. The Kier molecular flexibility index (Phi) is 4.65. The number of aromatic nitrogens is 4. The van der Waals surface area contributed by atoms with Gasteiger partial charge in [-0.15, -0.1) is 0 Å². The molecule has 1 aliphatic rings. The van der Waals surface area contributed by atoms with Crippen molar-refractivity contribution in [3.8, 4) is 11.3 Å². The first kappa shape index (κ1) is 18.0. The normalized spacial score (nSPS) is 13.1. The second kappa shape index (κ2) is 7.75. The number of pyridine rings is 1. The van der Waals surface area contributed by atoms with Crippen LogP contribution in [0.1, 0.15) is 34.9 Å². The van der Waals surface area contributed by atoms with E-state index in [1.807, 2.05) is 42.5 Å². The Labute approximate surface area is 172 Å². The first-order valence-electron chi connectivity index (χ1n) is 9.62. The lowest BCUT2D eigenvalue weighted by Crippen LogP contribution is -2.17. The molecule has 3 aromatic heterocycles. The SMILES string of the molecule is O=C(Nc1conc1-c1ccccc1)c1nc(C2CC2)ccc1Nc1cncnc1. The van der Waals surface area contributed by atoms with Crippen LogP contribution in [0.25, 0.3) is 11.3 Å². The highest BCUT2D eigenvalue weighted by Gasteiger charge is 2.27. The lowest BCUT2D eigenvalue weighted by Gasteiger charge is -2.12. The van der Waals surface area contributed by atoms with E-state index in [4.69, 9.17) is 4.52 Å². The topological polar surface area (TPSA) is 106 Å². The second-order valence-electron chi connectivity index (χ2n) is 7.06. The van der Waals surface area contributed by atoms with Crippen molar-refractivity contribution in [1.29, 1.82) is 0 Å². The molecule has 0 spiro atoms. The van der Waals surface area contributed by atoms with E-state index in [9.17, 15) is 4.79 Å². The number of anilines is 3. The van der Waals surface area contributed by atoms with Crippen molar-refractivity contribution < 1.29 is 9.32 Å². The summed E-state index contributed by atoms with van der Waals surface area (Å²) in [6.07, 6.45) is 8.33. The number of carbonyl (C=O) groups excluding carboxylic acids is 1. The van der Waals surface area contributed by atoms with Gasteiger partial charge in [0.1, 0.15) is 24.0 Å². The summed E-state index contributed by atoms with van der Waals surface area (Å²) >= 11 is 0. The van der Waals surface area contributed by atoms with Crippen molar-refractivity contribution >= 4 is 23.0 Å². The summed E-state index contributed by atoms with van der Waals surface area (Å²) in [6, 6.07) is 13.4. The van der Waals surface area contributed by atoms with Crippen molar-refractivity contribution in [3.05, 3.63) is 78.8 Å². The molecule has 1 saturated carbocycles. The molecule has 3 heterocycles. The molecule has 5 rings (SSSR count). The van der Waals surface area contributed by atoms with E-state index >= 15 is 0 Å². The number of benzene rings is 1. The number of hydrogen-bond donors (Lipinski definition) is 2. The molecule has 8 nitrogen and oxygen atoms in total. The molecule has 0 saturated heterocycles. The maximum Gasteiger partial charge on any atom is 0.276 e. The molecule has 1 aliphatic carbocycles. The molecular formula is C22H18N6O2. The molecule has 0 atom stereocenters. The third kappa shape index (κ3) is 3.75. The fraction of sp³-hybridized carbons (Fsp3) is 0.136. The smallest absolute Gasteiger partial charge is 0.276 e. The Balaban J connectivity index is 1.46. The van der Waals surface area contributed by atoms with Crippen molar-refractivity contribution in [2.45, 2.75) is 18.8 Å². The Hall–Kier alpha value is -4.07. The van der Waals surface area contributed by atoms with Crippen molar-refractivity contribution in [3.63, 3.8) is 0 Å². The molecule has 1 fully saturated rings. The van der Waals surface area contributed by atoms with E-state index in [0.29, 0.717) is 34.4 Å². The maximum atomic E-state index is 13.2. The Bertz CT molecular complexity index is 1170. The molecule has 2 N–H and O–H groups in total. The first-order chi connectivity index (χ1) is 14.8. The van der Waals surface area contributed by atoms with E-state index in [-0.39, 0.29) is 5.91 Å². The van der Waals surface area contributed by atoms with Crippen molar-refractivity contribution in [1.82, 2.24) is 20.1 Å². The van der Waals surface area contributed by atoms with Crippen LogP contribution in [-0.2, 0) is 0 Å². The summed E-state index contributed by atoms with van der Waals surface area (Å²) in [7, 11) is 0. The fourth-order valence-corrected chi connectivity index (χ4v) is 3.18. The van der Waals surface area contributed by atoms with Crippen LogP contribution >= 0.6 is 0 Å². The third-order valence-electron chi connectivity index (χ3n) is 4.83. The van der Waals surface area contributed by atoms with Crippen molar-refractivity contribution in [2.24, 2.45) is 0 Å². The zero-order valence-corrected chi connectivity index (χ0v) is 15.9. The van der Waals surface area contributed by atoms with E-state index in [1.54, 1.807) is 12.4 Å². The lowest BCUT2D eigenvalue weighted by molar-refractivity contribution is 0.102. The molecular weight excluding hydrogens is 380 g/mol. The summed E-state index contributed by atoms with van der Waals surface area (Å²) in [6.45, 7) is 0. The summed E-state index contributed by atoms with van der Waals surface area (Å²) in [5, 5.41) is 10.1. The molecule has 0 aliphatic heterocycles. The Morgan fingerprint density at radius 2 is 1.80 bits per heavy atom. The highest BCUT2D eigenvalue weighted by Crippen LogP contribution is 2.40. The Morgan fingerprint density at radius 3 is 2.57 bits per heavy atom. The first-order valence-corrected chi connectivity index (χ1v) is 9.62. The summed E-state index contributed by atoms with van der Waals surface area (Å²) in [5.41, 5.74) is 4.35. The highest BCUT2D eigenvalue weighted by molar-refractivity contribution is 6.08. The van der Waals surface area contributed by atoms with Gasteiger partial charge in [0, 0.05) is 17.2 Å². The van der Waals surface area contributed by atoms with Crippen LogP contribution in [0.3, 0.4) is 0 Å². The highest BCUT2D eigenvalue weighted by atomic mass is 16.5. The minimum absolute atomic E-state index is 0.295. The van der Waals surface area contributed by atoms with E-state index in [2.05, 4.69) is 30.7 Å². The number of nitrogens with zero attached hydrogens (tertiary/aromatic N) is 4. The molecule has 0 bridgehead atoms. The molecule has 0 unspecified atom stereocenters. The molecule has 30 heavy (non-hydrogen) atoms. The molecule has 148 valence electrons. The maximum absolute atomic E-state index is 13.2. The van der Waals surface area contributed by atoms with Gasteiger partial charge < -0.3 is 15.2 Å². The third-order valence-corrected chi connectivity index (χ3v) is 4.83. The van der Waals surface area contributed by atoms with Gasteiger partial charge in [-0.2, -0.15) is 0 Å². The number of hydrogen-bond acceptors (Lipinski definition) is 7. The summed E-state index contributed by atoms with van der Waals surface area (Å²) < 4.78 is 5.12. The summed E-state index contributed by atoms with van der Waals surface area (Å²) in [5.74, 6) is 0.0679. The van der Waals surface area contributed by atoms with Gasteiger partial charge >= 0.3 is 0 Å². The minimum Gasteiger partial charge on any atom is -0.362 e. The lowest BCUT2D eigenvalue weighted by atomic mass is 10.1. The Morgan fingerprint density at radius 1 is 1.00 bits per heavy atom. The number of nitrogens with one attached hydrogen (secondary N) is 2. The van der Waals surface area contributed by atoms with Gasteiger partial charge in [0.05, 0.1) is 23.8 Å². The van der Waals surface area contributed by atoms with Crippen LogP contribution in [0.2, 0.25) is 0 Å². The predicted octanol–water partition coefficient (Wildman–Crippen LogP) is 4.40. The van der Waals surface area contributed by atoms with Gasteiger partial charge in [0.25, 0.3) is 5.91 Å². The number of carbonyl (C=O) groups is 1. The number of rotatable bonds is 6. The fourth-order valence-electron chi connectivity index (χ4n) is 3.18. The van der Waals surface area contributed by atoms with Gasteiger partial charge in [-0.1, -0.05) is 35.5 Å². The van der Waals surface area contributed by atoms with Crippen LogP contribution in [0.4, 0.5) is 17.1 Å². The average molecular weight is 398 g/mol. The van der Waals surface area contributed by atoms with Crippen LogP contribution in [0.5, 0.6) is 0 Å². The second-order valence-corrected chi connectivity index (χ2v) is 7.06. The van der Waals surface area contributed by atoms with E-state index in [0.717, 1.165) is 24.1 Å². The largest absolute Gasteiger partial charge is 0.362 e. The van der Waals surface area contributed by atoms with Gasteiger partial charge in [-0.3, -0.25) is 4.79 Å². The van der Waals surface area contributed by atoms with Crippen LogP contribution in [0.15, 0.2) is 72.0 Å². The van der Waals surface area contributed by atoms with Gasteiger partial charge in [0.2, 0.25) is 0 Å². The van der Waals surface area contributed by atoms with Gasteiger partial charge in [0.15, 0.2) is 5.69 Å². The molecule has 1 amide bonds. The van der Waals surface area contributed by atoms with Gasteiger partial charge in [-0.25, -0.2) is 15.0 Å². The number of amides is 1.